The van der Waals surface area contributed by atoms with Crippen LogP contribution in [-0.2, 0) is 5.41 Å². The highest BCUT2D eigenvalue weighted by Gasteiger charge is 2.22. The SMILES string of the molecule is CC(C)(C)c1ccccc1NC1CCC(O)CC1. The number of rotatable bonds is 2. The molecule has 0 bridgehead atoms. The standard InChI is InChI=1S/C16H25NO/c1-16(2,3)14-6-4-5-7-15(14)17-12-8-10-13(18)11-9-12/h4-7,12-13,17-18H,8-11H2,1-3H3. The van der Waals surface area contributed by atoms with Crippen molar-refractivity contribution in [2.45, 2.75) is 64.0 Å². The van der Waals surface area contributed by atoms with Crippen LogP contribution in [0.4, 0.5) is 5.69 Å². The van der Waals surface area contributed by atoms with E-state index in [1.165, 1.54) is 11.3 Å². The van der Waals surface area contributed by atoms with Gasteiger partial charge in [0.1, 0.15) is 0 Å². The third-order valence-corrected chi connectivity index (χ3v) is 3.79. The molecule has 2 heteroatoms. The van der Waals surface area contributed by atoms with E-state index >= 15 is 0 Å². The van der Waals surface area contributed by atoms with Gasteiger partial charge >= 0.3 is 0 Å². The number of benzene rings is 1. The molecule has 100 valence electrons. The van der Waals surface area contributed by atoms with Crippen LogP contribution >= 0.6 is 0 Å². The van der Waals surface area contributed by atoms with Gasteiger partial charge in [-0.25, -0.2) is 0 Å². The van der Waals surface area contributed by atoms with Crippen LogP contribution in [-0.4, -0.2) is 17.3 Å². The first-order valence-corrected chi connectivity index (χ1v) is 7.01. The fourth-order valence-electron chi connectivity index (χ4n) is 2.70. The van der Waals surface area contributed by atoms with Gasteiger partial charge in [-0.15, -0.1) is 0 Å². The van der Waals surface area contributed by atoms with Gasteiger partial charge in [-0.1, -0.05) is 39.0 Å². The Kier molecular flexibility index (Phi) is 3.96. The minimum absolute atomic E-state index is 0.0825. The van der Waals surface area contributed by atoms with Gasteiger partial charge in [0.05, 0.1) is 6.10 Å². The highest BCUT2D eigenvalue weighted by Crippen LogP contribution is 2.31. The molecule has 0 aromatic heterocycles. The normalized spacial score (nSPS) is 24.9. The van der Waals surface area contributed by atoms with Gasteiger partial charge in [0.2, 0.25) is 0 Å². The minimum Gasteiger partial charge on any atom is -0.393 e. The van der Waals surface area contributed by atoms with Crippen LogP contribution < -0.4 is 5.32 Å². The zero-order chi connectivity index (χ0) is 13.2. The number of para-hydroxylation sites is 1. The van der Waals surface area contributed by atoms with E-state index in [9.17, 15) is 5.11 Å². The summed E-state index contributed by atoms with van der Waals surface area (Å²) in [6.45, 7) is 6.74. The van der Waals surface area contributed by atoms with Crippen molar-refractivity contribution in [3.05, 3.63) is 29.8 Å². The van der Waals surface area contributed by atoms with E-state index < -0.39 is 0 Å². The number of hydrogen-bond donors (Lipinski definition) is 2. The third-order valence-electron chi connectivity index (χ3n) is 3.79. The van der Waals surface area contributed by atoms with Crippen molar-refractivity contribution in [2.24, 2.45) is 0 Å². The molecule has 0 spiro atoms. The maximum Gasteiger partial charge on any atom is 0.0541 e. The molecule has 1 saturated carbocycles. The van der Waals surface area contributed by atoms with Gasteiger partial charge in [-0.3, -0.25) is 0 Å². The van der Waals surface area contributed by atoms with Gasteiger partial charge in [-0.2, -0.15) is 0 Å². The lowest BCUT2D eigenvalue weighted by atomic mass is 9.85. The molecule has 2 N–H and O–H groups in total. The van der Waals surface area contributed by atoms with E-state index in [0.29, 0.717) is 6.04 Å². The van der Waals surface area contributed by atoms with Crippen LogP contribution in [0.3, 0.4) is 0 Å². The van der Waals surface area contributed by atoms with Crippen molar-refractivity contribution in [2.75, 3.05) is 5.32 Å². The first-order valence-electron chi connectivity index (χ1n) is 7.01. The molecule has 0 aliphatic heterocycles. The maximum absolute atomic E-state index is 9.55. The number of hydrogen-bond acceptors (Lipinski definition) is 2. The van der Waals surface area contributed by atoms with Crippen LogP contribution in [0.2, 0.25) is 0 Å². The summed E-state index contributed by atoms with van der Waals surface area (Å²) in [6, 6.07) is 9.09. The van der Waals surface area contributed by atoms with Crippen LogP contribution in [0.1, 0.15) is 52.0 Å². The Morgan fingerprint density at radius 3 is 2.28 bits per heavy atom. The van der Waals surface area contributed by atoms with Gasteiger partial charge in [0.25, 0.3) is 0 Å². The molecule has 2 nitrogen and oxygen atoms in total. The summed E-state index contributed by atoms with van der Waals surface area (Å²) in [5.41, 5.74) is 2.79. The topological polar surface area (TPSA) is 32.3 Å². The largest absolute Gasteiger partial charge is 0.393 e. The Bertz CT molecular complexity index is 386. The van der Waals surface area contributed by atoms with Crippen molar-refractivity contribution in [1.82, 2.24) is 0 Å². The lowest BCUT2D eigenvalue weighted by Gasteiger charge is -2.30. The summed E-state index contributed by atoms with van der Waals surface area (Å²) in [6.07, 6.45) is 3.91. The monoisotopic (exact) mass is 247 g/mol. The van der Waals surface area contributed by atoms with E-state index in [-0.39, 0.29) is 11.5 Å². The van der Waals surface area contributed by atoms with E-state index in [2.05, 4.69) is 50.4 Å². The van der Waals surface area contributed by atoms with Crippen LogP contribution in [0.25, 0.3) is 0 Å². The molecule has 1 aromatic rings. The average molecular weight is 247 g/mol. The zero-order valence-electron chi connectivity index (χ0n) is 11.7. The molecule has 1 aromatic carbocycles. The number of aliphatic hydroxyl groups excluding tert-OH is 1. The molecule has 1 aliphatic rings. The summed E-state index contributed by atoms with van der Waals surface area (Å²) >= 11 is 0. The van der Waals surface area contributed by atoms with Crippen molar-refractivity contribution in [3.63, 3.8) is 0 Å². The second-order valence-corrected chi connectivity index (χ2v) is 6.45. The quantitative estimate of drug-likeness (QED) is 0.835. The molecule has 2 rings (SSSR count). The summed E-state index contributed by atoms with van der Waals surface area (Å²) < 4.78 is 0. The molecule has 1 aliphatic carbocycles. The molecular weight excluding hydrogens is 222 g/mol. The summed E-state index contributed by atoms with van der Waals surface area (Å²) in [7, 11) is 0. The van der Waals surface area contributed by atoms with Gasteiger partial charge in [0.15, 0.2) is 0 Å². The number of aliphatic hydroxyl groups is 1. The Balaban J connectivity index is 2.10. The van der Waals surface area contributed by atoms with Crippen LogP contribution in [0.5, 0.6) is 0 Å². The molecule has 0 amide bonds. The first kappa shape index (κ1) is 13.4. The van der Waals surface area contributed by atoms with Crippen LogP contribution in [0.15, 0.2) is 24.3 Å². The number of anilines is 1. The Morgan fingerprint density at radius 2 is 1.67 bits per heavy atom. The fraction of sp³-hybridized carbons (Fsp3) is 0.625. The molecular formula is C16H25NO. The smallest absolute Gasteiger partial charge is 0.0541 e. The van der Waals surface area contributed by atoms with Gasteiger partial charge in [0, 0.05) is 11.7 Å². The predicted octanol–water partition coefficient (Wildman–Crippen LogP) is 3.70. The summed E-state index contributed by atoms with van der Waals surface area (Å²) in [5.74, 6) is 0. The van der Waals surface area contributed by atoms with Crippen molar-refractivity contribution >= 4 is 5.69 Å². The molecule has 0 radical (unpaired) electrons. The zero-order valence-corrected chi connectivity index (χ0v) is 11.7. The van der Waals surface area contributed by atoms with Gasteiger partial charge in [-0.05, 0) is 42.7 Å². The summed E-state index contributed by atoms with van der Waals surface area (Å²) in [5, 5.41) is 13.2. The summed E-state index contributed by atoms with van der Waals surface area (Å²) in [4.78, 5) is 0. The third kappa shape index (κ3) is 3.26. The molecule has 18 heavy (non-hydrogen) atoms. The second kappa shape index (κ2) is 5.31. The molecule has 1 fully saturated rings. The van der Waals surface area contributed by atoms with Crippen molar-refractivity contribution < 1.29 is 5.11 Å². The number of nitrogens with one attached hydrogen (secondary N) is 1. The van der Waals surface area contributed by atoms with Crippen molar-refractivity contribution in [3.8, 4) is 0 Å². The Hall–Kier alpha value is -1.02. The maximum atomic E-state index is 9.55. The minimum atomic E-state index is -0.0825. The lowest BCUT2D eigenvalue weighted by molar-refractivity contribution is 0.126. The van der Waals surface area contributed by atoms with E-state index in [1.807, 2.05) is 0 Å². The second-order valence-electron chi connectivity index (χ2n) is 6.45. The lowest BCUT2D eigenvalue weighted by Crippen LogP contribution is -2.29. The van der Waals surface area contributed by atoms with Crippen LogP contribution in [0, 0.1) is 0 Å². The molecule has 0 unspecified atom stereocenters. The Morgan fingerprint density at radius 1 is 1.06 bits per heavy atom. The molecule has 0 atom stereocenters. The first-order chi connectivity index (χ1) is 8.47. The average Bonchev–Trinajstić information content (AvgIpc) is 2.31. The van der Waals surface area contributed by atoms with E-state index in [0.717, 1.165) is 25.7 Å². The van der Waals surface area contributed by atoms with Crippen molar-refractivity contribution in [1.29, 1.82) is 0 Å². The Labute approximate surface area is 110 Å². The predicted molar refractivity (Wildman–Crippen MR) is 77.0 cm³/mol. The molecule has 0 saturated heterocycles. The van der Waals surface area contributed by atoms with E-state index in [1.54, 1.807) is 0 Å². The fourth-order valence-corrected chi connectivity index (χ4v) is 2.70. The highest BCUT2D eigenvalue weighted by molar-refractivity contribution is 5.54. The van der Waals surface area contributed by atoms with E-state index in [4.69, 9.17) is 0 Å². The highest BCUT2D eigenvalue weighted by atomic mass is 16.3. The molecule has 0 heterocycles. The van der Waals surface area contributed by atoms with Gasteiger partial charge < -0.3 is 10.4 Å².